The van der Waals surface area contributed by atoms with Crippen molar-refractivity contribution >= 4 is 22.8 Å². The van der Waals surface area contributed by atoms with Crippen molar-refractivity contribution < 1.29 is 18.9 Å². The van der Waals surface area contributed by atoms with Gasteiger partial charge in [-0.25, -0.2) is 4.79 Å². The normalized spacial score (nSPS) is 27.3. The van der Waals surface area contributed by atoms with Crippen molar-refractivity contribution in [3.8, 4) is 0 Å². The minimum Gasteiger partial charge on any atom is -0.481 e. The maximum atomic E-state index is 12.1. The zero-order valence-corrected chi connectivity index (χ0v) is 12.9. The molecule has 2 rings (SSSR count). The van der Waals surface area contributed by atoms with Crippen molar-refractivity contribution in [2.45, 2.75) is 25.3 Å². The summed E-state index contributed by atoms with van der Waals surface area (Å²) in [6.45, 7) is 3.23. The molecule has 2 heterocycles. The smallest absolute Gasteiger partial charge is 0.317 e. The van der Waals surface area contributed by atoms with Crippen LogP contribution in [0.15, 0.2) is 0 Å². The van der Waals surface area contributed by atoms with Crippen molar-refractivity contribution in [2.75, 3.05) is 44.2 Å². The molecule has 2 amide bonds. The van der Waals surface area contributed by atoms with E-state index in [0.717, 1.165) is 25.9 Å². The van der Waals surface area contributed by atoms with Crippen molar-refractivity contribution in [3.63, 3.8) is 0 Å². The lowest BCUT2D eigenvalue weighted by molar-refractivity contribution is -0.137. The maximum Gasteiger partial charge on any atom is 0.317 e. The van der Waals surface area contributed by atoms with Crippen LogP contribution in [0, 0.1) is 0 Å². The number of nitrogens with one attached hydrogen (secondary N) is 1. The van der Waals surface area contributed by atoms with Crippen molar-refractivity contribution in [1.82, 2.24) is 15.1 Å². The molecule has 2 fully saturated rings. The first-order chi connectivity index (χ1) is 10.0. The Labute approximate surface area is 127 Å². The molecule has 21 heavy (non-hydrogen) atoms. The van der Waals surface area contributed by atoms with Crippen LogP contribution in [-0.2, 0) is 15.6 Å². The van der Waals surface area contributed by atoms with Crippen LogP contribution in [0.2, 0.25) is 0 Å². The van der Waals surface area contributed by atoms with Crippen LogP contribution in [-0.4, -0.2) is 81.4 Å². The topological polar surface area (TPSA) is 89.9 Å². The fourth-order valence-electron chi connectivity index (χ4n) is 2.63. The largest absolute Gasteiger partial charge is 0.481 e. The number of rotatable bonds is 4. The molecular formula is C13H23N3O4S. The molecule has 0 aromatic heterocycles. The molecule has 2 aliphatic heterocycles. The molecule has 2 saturated heterocycles. The molecule has 0 saturated carbocycles. The number of aliphatic carboxylic acids is 1. The number of carbonyl (C=O) groups excluding carboxylic acids is 1. The molecule has 0 radical (unpaired) electrons. The molecule has 0 atom stereocenters. The van der Waals surface area contributed by atoms with Gasteiger partial charge in [0.15, 0.2) is 0 Å². The highest BCUT2D eigenvalue weighted by atomic mass is 32.2. The second-order valence-corrected chi connectivity index (χ2v) is 7.24. The monoisotopic (exact) mass is 317 g/mol. The summed E-state index contributed by atoms with van der Waals surface area (Å²) in [5.74, 6) is 0.562. The fourth-order valence-corrected chi connectivity index (χ4v) is 3.93. The zero-order chi connectivity index (χ0) is 15.2. The summed E-state index contributed by atoms with van der Waals surface area (Å²) < 4.78 is 11.3. The number of hydrogen-bond acceptors (Lipinski definition) is 4. The SMILES string of the molecule is O=C(O)CCN1CCN(C(=O)NC2CCS(=O)CC2)CC1. The summed E-state index contributed by atoms with van der Waals surface area (Å²) in [6, 6.07) is 0.0887. The van der Waals surface area contributed by atoms with E-state index >= 15 is 0 Å². The Kier molecular flexibility index (Phi) is 5.98. The predicted molar refractivity (Wildman–Crippen MR) is 79.7 cm³/mol. The standard InChI is InChI=1S/C13H23N3O4S/c17-12(18)1-4-15-5-7-16(8-6-15)13(19)14-11-2-9-21(20)10-3-11/h11H,1-10H2,(H,14,19)(H,17,18). The van der Waals surface area contributed by atoms with Crippen LogP contribution in [0.3, 0.4) is 0 Å². The lowest BCUT2D eigenvalue weighted by Gasteiger charge is -2.35. The first kappa shape index (κ1) is 16.2. The van der Waals surface area contributed by atoms with Gasteiger partial charge < -0.3 is 15.3 Å². The average molecular weight is 317 g/mol. The summed E-state index contributed by atoms with van der Waals surface area (Å²) in [4.78, 5) is 26.5. The molecule has 2 aliphatic rings. The van der Waals surface area contributed by atoms with Crippen LogP contribution in [0.1, 0.15) is 19.3 Å². The van der Waals surface area contributed by atoms with Gasteiger partial charge in [-0.15, -0.1) is 0 Å². The Morgan fingerprint density at radius 2 is 1.76 bits per heavy atom. The van der Waals surface area contributed by atoms with Crippen LogP contribution in [0.4, 0.5) is 4.79 Å². The molecule has 2 N–H and O–H groups in total. The number of nitrogens with zero attached hydrogens (tertiary/aromatic N) is 2. The van der Waals surface area contributed by atoms with Gasteiger partial charge in [0, 0.05) is 61.1 Å². The van der Waals surface area contributed by atoms with E-state index in [0.29, 0.717) is 31.1 Å². The van der Waals surface area contributed by atoms with E-state index < -0.39 is 16.8 Å². The third-order valence-electron chi connectivity index (χ3n) is 4.02. The zero-order valence-electron chi connectivity index (χ0n) is 12.1. The Hall–Kier alpha value is -1.15. The highest BCUT2D eigenvalue weighted by molar-refractivity contribution is 7.85. The predicted octanol–water partition coefficient (Wildman–Crippen LogP) is -0.301. The minimum atomic E-state index is -0.787. The van der Waals surface area contributed by atoms with Gasteiger partial charge in [-0.1, -0.05) is 0 Å². The Morgan fingerprint density at radius 1 is 1.14 bits per heavy atom. The second-order valence-electron chi connectivity index (χ2n) is 5.54. The maximum absolute atomic E-state index is 12.1. The Morgan fingerprint density at radius 3 is 2.33 bits per heavy atom. The quantitative estimate of drug-likeness (QED) is 0.743. The first-order valence-electron chi connectivity index (χ1n) is 7.39. The Balaban J connectivity index is 1.68. The highest BCUT2D eigenvalue weighted by Gasteiger charge is 2.25. The molecule has 0 aromatic carbocycles. The highest BCUT2D eigenvalue weighted by Crippen LogP contribution is 2.10. The summed E-state index contributed by atoms with van der Waals surface area (Å²) in [5.41, 5.74) is 0. The van der Waals surface area contributed by atoms with Gasteiger partial charge in [-0.3, -0.25) is 13.9 Å². The molecule has 120 valence electrons. The lowest BCUT2D eigenvalue weighted by atomic mass is 10.1. The van der Waals surface area contributed by atoms with Gasteiger partial charge in [0.05, 0.1) is 6.42 Å². The molecule has 7 nitrogen and oxygen atoms in total. The fraction of sp³-hybridized carbons (Fsp3) is 0.846. The third kappa shape index (κ3) is 5.28. The van der Waals surface area contributed by atoms with E-state index in [2.05, 4.69) is 10.2 Å². The van der Waals surface area contributed by atoms with E-state index in [4.69, 9.17) is 5.11 Å². The van der Waals surface area contributed by atoms with E-state index in [9.17, 15) is 13.8 Å². The molecule has 8 heteroatoms. The van der Waals surface area contributed by atoms with Gasteiger partial charge in [0.25, 0.3) is 0 Å². The average Bonchev–Trinajstić information content (AvgIpc) is 2.48. The molecule has 0 aromatic rings. The minimum absolute atomic E-state index is 0.0504. The van der Waals surface area contributed by atoms with Gasteiger partial charge >= 0.3 is 12.0 Å². The number of piperazine rings is 1. The van der Waals surface area contributed by atoms with Crippen LogP contribution in [0.25, 0.3) is 0 Å². The van der Waals surface area contributed by atoms with E-state index in [1.165, 1.54) is 0 Å². The number of carboxylic acid groups (broad SMARTS) is 1. The van der Waals surface area contributed by atoms with Crippen molar-refractivity contribution in [1.29, 1.82) is 0 Å². The summed E-state index contributed by atoms with van der Waals surface area (Å²) in [7, 11) is -0.711. The molecule has 0 bridgehead atoms. The number of hydrogen-bond donors (Lipinski definition) is 2. The Bertz CT molecular complexity index is 400. The van der Waals surface area contributed by atoms with Gasteiger partial charge in [0.2, 0.25) is 0 Å². The summed E-state index contributed by atoms with van der Waals surface area (Å²) >= 11 is 0. The van der Waals surface area contributed by atoms with Gasteiger partial charge in [0.1, 0.15) is 0 Å². The van der Waals surface area contributed by atoms with Gasteiger partial charge in [-0.2, -0.15) is 0 Å². The number of urea groups is 1. The number of amides is 2. The first-order valence-corrected chi connectivity index (χ1v) is 8.88. The van der Waals surface area contributed by atoms with Crippen LogP contribution < -0.4 is 5.32 Å². The van der Waals surface area contributed by atoms with Gasteiger partial charge in [-0.05, 0) is 12.8 Å². The number of carboxylic acids is 1. The van der Waals surface area contributed by atoms with E-state index in [-0.39, 0.29) is 18.5 Å². The van der Waals surface area contributed by atoms with Crippen LogP contribution in [0.5, 0.6) is 0 Å². The molecule has 0 aliphatic carbocycles. The van der Waals surface area contributed by atoms with Crippen molar-refractivity contribution in [3.05, 3.63) is 0 Å². The van der Waals surface area contributed by atoms with Crippen LogP contribution >= 0.6 is 0 Å². The second kappa shape index (κ2) is 7.74. The summed E-state index contributed by atoms with van der Waals surface area (Å²) in [6.07, 6.45) is 1.72. The lowest BCUT2D eigenvalue weighted by Crippen LogP contribution is -2.54. The van der Waals surface area contributed by atoms with E-state index in [1.54, 1.807) is 4.90 Å². The molecule has 0 unspecified atom stereocenters. The van der Waals surface area contributed by atoms with Crippen molar-refractivity contribution in [2.24, 2.45) is 0 Å². The molecular weight excluding hydrogens is 294 g/mol. The molecule has 0 spiro atoms. The number of carbonyl (C=O) groups is 2. The summed E-state index contributed by atoms with van der Waals surface area (Å²) in [5, 5.41) is 11.7. The van der Waals surface area contributed by atoms with E-state index in [1.807, 2.05) is 0 Å². The third-order valence-corrected chi connectivity index (χ3v) is 5.40.